The lowest BCUT2D eigenvalue weighted by molar-refractivity contribution is 0.243. The fourth-order valence-corrected chi connectivity index (χ4v) is 2.17. The van der Waals surface area contributed by atoms with Crippen molar-refractivity contribution in [3.05, 3.63) is 42.5 Å². The van der Waals surface area contributed by atoms with Crippen molar-refractivity contribution in [2.75, 3.05) is 0 Å². The second kappa shape index (κ2) is 3.81. The maximum atomic E-state index is 5.73. The molecule has 0 aliphatic carbocycles. The van der Waals surface area contributed by atoms with E-state index in [-0.39, 0.29) is 6.10 Å². The van der Waals surface area contributed by atoms with Crippen LogP contribution in [0.15, 0.2) is 42.5 Å². The summed E-state index contributed by atoms with van der Waals surface area (Å²) in [7, 11) is 0. The van der Waals surface area contributed by atoms with Gasteiger partial charge in [-0.3, -0.25) is 0 Å². The summed E-state index contributed by atoms with van der Waals surface area (Å²) in [6, 6.07) is 14.5. The maximum Gasteiger partial charge on any atom is 0.120 e. The lowest BCUT2D eigenvalue weighted by atomic mass is 10.1. The fourth-order valence-electron chi connectivity index (χ4n) is 2.17. The Bertz CT molecular complexity index is 667. The first-order valence-corrected chi connectivity index (χ1v) is 5.91. The molecule has 0 aliphatic rings. The Hall–Kier alpha value is -1.96. The Morgan fingerprint density at radius 3 is 2.53 bits per heavy atom. The van der Waals surface area contributed by atoms with Crippen LogP contribution in [0.2, 0.25) is 0 Å². The molecule has 0 amide bonds. The number of aromatic amines is 1. The van der Waals surface area contributed by atoms with Gasteiger partial charge in [0.2, 0.25) is 0 Å². The summed E-state index contributed by atoms with van der Waals surface area (Å²) in [5.41, 5.74) is 2.33. The molecule has 1 heterocycles. The van der Waals surface area contributed by atoms with Crippen molar-refractivity contribution in [2.24, 2.45) is 0 Å². The van der Waals surface area contributed by atoms with Gasteiger partial charge < -0.3 is 9.72 Å². The summed E-state index contributed by atoms with van der Waals surface area (Å²) < 4.78 is 5.73. The predicted molar refractivity (Wildman–Crippen MR) is 71.6 cm³/mol. The molecule has 3 rings (SSSR count). The standard InChI is InChI=1S/C15H15NO/c1-10(2)17-11-7-8-15-13(9-11)12-5-3-4-6-14(12)16-15/h3-10,16H,1-2H3. The minimum atomic E-state index is 0.206. The predicted octanol–water partition coefficient (Wildman–Crippen LogP) is 4.11. The van der Waals surface area contributed by atoms with E-state index in [1.54, 1.807) is 0 Å². The number of benzene rings is 2. The Morgan fingerprint density at radius 2 is 1.71 bits per heavy atom. The van der Waals surface area contributed by atoms with E-state index < -0.39 is 0 Å². The van der Waals surface area contributed by atoms with Gasteiger partial charge in [-0.1, -0.05) is 18.2 Å². The van der Waals surface area contributed by atoms with Gasteiger partial charge in [-0.2, -0.15) is 0 Å². The van der Waals surface area contributed by atoms with E-state index in [9.17, 15) is 0 Å². The molecule has 0 fully saturated rings. The number of hydrogen-bond acceptors (Lipinski definition) is 1. The highest BCUT2D eigenvalue weighted by Crippen LogP contribution is 2.28. The second-order valence-electron chi connectivity index (χ2n) is 4.54. The minimum absolute atomic E-state index is 0.206. The molecule has 2 aromatic carbocycles. The third-order valence-electron chi connectivity index (χ3n) is 2.85. The van der Waals surface area contributed by atoms with Crippen LogP contribution in [0.4, 0.5) is 0 Å². The zero-order valence-electron chi connectivity index (χ0n) is 10.0. The Kier molecular flexibility index (Phi) is 2.29. The molecular weight excluding hydrogens is 210 g/mol. The van der Waals surface area contributed by atoms with Crippen molar-refractivity contribution in [3.63, 3.8) is 0 Å². The van der Waals surface area contributed by atoms with Gasteiger partial charge in [0.1, 0.15) is 5.75 Å². The van der Waals surface area contributed by atoms with E-state index in [0.717, 1.165) is 11.3 Å². The summed E-state index contributed by atoms with van der Waals surface area (Å²) in [5.74, 6) is 0.928. The molecule has 0 saturated heterocycles. The smallest absolute Gasteiger partial charge is 0.120 e. The topological polar surface area (TPSA) is 25.0 Å². The highest BCUT2D eigenvalue weighted by atomic mass is 16.5. The molecule has 0 spiro atoms. The normalized spacial score (nSPS) is 11.5. The number of rotatable bonds is 2. The van der Waals surface area contributed by atoms with Crippen LogP contribution in [0.1, 0.15) is 13.8 Å². The van der Waals surface area contributed by atoms with Crippen LogP contribution in [0, 0.1) is 0 Å². The maximum absolute atomic E-state index is 5.73. The van der Waals surface area contributed by atoms with Gasteiger partial charge >= 0.3 is 0 Å². The van der Waals surface area contributed by atoms with E-state index in [1.165, 1.54) is 16.3 Å². The van der Waals surface area contributed by atoms with Crippen LogP contribution in [0.5, 0.6) is 5.75 Å². The van der Waals surface area contributed by atoms with Crippen molar-refractivity contribution in [3.8, 4) is 5.75 Å². The largest absolute Gasteiger partial charge is 0.491 e. The van der Waals surface area contributed by atoms with Gasteiger partial charge in [-0.05, 0) is 38.1 Å². The van der Waals surface area contributed by atoms with Crippen molar-refractivity contribution in [2.45, 2.75) is 20.0 Å². The first kappa shape index (κ1) is 10.2. The quantitative estimate of drug-likeness (QED) is 0.697. The van der Waals surface area contributed by atoms with Gasteiger partial charge in [0, 0.05) is 21.8 Å². The molecule has 3 aromatic rings. The van der Waals surface area contributed by atoms with E-state index in [0.29, 0.717) is 0 Å². The molecule has 0 radical (unpaired) electrons. The van der Waals surface area contributed by atoms with Crippen LogP contribution in [0.3, 0.4) is 0 Å². The van der Waals surface area contributed by atoms with Gasteiger partial charge in [0.05, 0.1) is 6.10 Å². The molecule has 2 nitrogen and oxygen atoms in total. The van der Waals surface area contributed by atoms with E-state index in [4.69, 9.17) is 4.74 Å². The van der Waals surface area contributed by atoms with Crippen LogP contribution in [0.25, 0.3) is 21.8 Å². The number of fused-ring (bicyclic) bond motifs is 3. The summed E-state index contributed by atoms with van der Waals surface area (Å²) in [6.45, 7) is 4.08. The first-order valence-electron chi connectivity index (χ1n) is 5.91. The molecule has 0 unspecified atom stereocenters. The molecule has 17 heavy (non-hydrogen) atoms. The van der Waals surface area contributed by atoms with Gasteiger partial charge in [0.15, 0.2) is 0 Å². The van der Waals surface area contributed by atoms with Crippen LogP contribution in [-0.4, -0.2) is 11.1 Å². The van der Waals surface area contributed by atoms with Crippen molar-refractivity contribution in [1.82, 2.24) is 4.98 Å². The van der Waals surface area contributed by atoms with Gasteiger partial charge in [0.25, 0.3) is 0 Å². The number of ether oxygens (including phenoxy) is 1. The van der Waals surface area contributed by atoms with E-state index in [2.05, 4.69) is 35.3 Å². The van der Waals surface area contributed by atoms with Gasteiger partial charge in [-0.15, -0.1) is 0 Å². The second-order valence-corrected chi connectivity index (χ2v) is 4.54. The molecule has 2 heteroatoms. The third-order valence-corrected chi connectivity index (χ3v) is 2.85. The summed E-state index contributed by atoms with van der Waals surface area (Å²) in [4.78, 5) is 3.40. The van der Waals surface area contributed by atoms with E-state index in [1.807, 2.05) is 26.0 Å². The third kappa shape index (κ3) is 1.76. The molecule has 0 saturated carbocycles. The minimum Gasteiger partial charge on any atom is -0.491 e. The molecule has 1 N–H and O–H groups in total. The molecule has 0 aliphatic heterocycles. The van der Waals surface area contributed by atoms with Crippen LogP contribution < -0.4 is 4.74 Å². The van der Waals surface area contributed by atoms with Crippen LogP contribution in [-0.2, 0) is 0 Å². The van der Waals surface area contributed by atoms with Crippen molar-refractivity contribution >= 4 is 21.8 Å². The highest BCUT2D eigenvalue weighted by Gasteiger charge is 2.05. The highest BCUT2D eigenvalue weighted by molar-refractivity contribution is 6.07. The zero-order valence-corrected chi connectivity index (χ0v) is 10.0. The molecule has 86 valence electrons. The number of H-pyrrole nitrogens is 1. The summed E-state index contributed by atoms with van der Waals surface area (Å²) >= 11 is 0. The average molecular weight is 225 g/mol. The number of hydrogen-bond donors (Lipinski definition) is 1. The molecule has 1 aromatic heterocycles. The van der Waals surface area contributed by atoms with Crippen molar-refractivity contribution in [1.29, 1.82) is 0 Å². The Morgan fingerprint density at radius 1 is 0.941 bits per heavy atom. The van der Waals surface area contributed by atoms with Crippen LogP contribution >= 0.6 is 0 Å². The molecular formula is C15H15NO. The molecule has 0 atom stereocenters. The zero-order chi connectivity index (χ0) is 11.8. The lowest BCUT2D eigenvalue weighted by Crippen LogP contribution is -2.05. The molecule has 0 bridgehead atoms. The van der Waals surface area contributed by atoms with Crippen molar-refractivity contribution < 1.29 is 4.74 Å². The fraction of sp³-hybridized carbons (Fsp3) is 0.200. The Labute approximate surface area is 100 Å². The first-order chi connectivity index (χ1) is 8.24. The monoisotopic (exact) mass is 225 g/mol. The number of aromatic nitrogens is 1. The Balaban J connectivity index is 2.23. The average Bonchev–Trinajstić information content (AvgIpc) is 2.66. The number of para-hydroxylation sites is 1. The summed E-state index contributed by atoms with van der Waals surface area (Å²) in [6.07, 6.45) is 0.206. The van der Waals surface area contributed by atoms with E-state index >= 15 is 0 Å². The van der Waals surface area contributed by atoms with Gasteiger partial charge in [-0.25, -0.2) is 0 Å². The lowest BCUT2D eigenvalue weighted by Gasteiger charge is -2.09. The summed E-state index contributed by atoms with van der Waals surface area (Å²) in [5, 5.41) is 2.47. The SMILES string of the molecule is CC(C)Oc1ccc2[nH]c3ccccc3c2c1. The number of nitrogens with one attached hydrogen (secondary N) is 1.